The lowest BCUT2D eigenvalue weighted by molar-refractivity contribution is 0.0945. The Labute approximate surface area is 168 Å². The number of hydrogen-bond donors (Lipinski definition) is 1. The molecule has 142 valence electrons. The van der Waals surface area contributed by atoms with Crippen molar-refractivity contribution in [1.29, 1.82) is 0 Å². The Hall–Kier alpha value is -4.06. The van der Waals surface area contributed by atoms with Crippen molar-refractivity contribution in [2.75, 3.05) is 0 Å². The Morgan fingerprint density at radius 1 is 0.931 bits per heavy atom. The van der Waals surface area contributed by atoms with E-state index in [0.717, 1.165) is 22.4 Å². The van der Waals surface area contributed by atoms with Crippen molar-refractivity contribution in [3.63, 3.8) is 0 Å². The van der Waals surface area contributed by atoms with E-state index < -0.39 is 5.91 Å². The summed E-state index contributed by atoms with van der Waals surface area (Å²) in [6.45, 7) is 2.02. The van der Waals surface area contributed by atoms with Crippen LogP contribution in [0.2, 0.25) is 0 Å². The van der Waals surface area contributed by atoms with Gasteiger partial charge in [-0.05, 0) is 24.6 Å². The van der Waals surface area contributed by atoms with Crippen molar-refractivity contribution in [1.82, 2.24) is 20.2 Å². The van der Waals surface area contributed by atoms with Crippen LogP contribution in [0.15, 0.2) is 90.0 Å². The summed E-state index contributed by atoms with van der Waals surface area (Å²) in [5, 5.41) is 8.43. The second-order valence-electron chi connectivity index (χ2n) is 6.48. The van der Waals surface area contributed by atoms with Gasteiger partial charge in [-0.15, -0.1) is 5.10 Å². The zero-order chi connectivity index (χ0) is 20.1. The molecule has 0 radical (unpaired) electrons. The highest BCUT2D eigenvalue weighted by atomic mass is 16.2. The van der Waals surface area contributed by atoms with E-state index in [1.165, 1.54) is 0 Å². The first kappa shape index (κ1) is 18.3. The second kappa shape index (κ2) is 8.31. The Balaban J connectivity index is 1.61. The number of benzene rings is 3. The zero-order valence-corrected chi connectivity index (χ0v) is 15.9. The van der Waals surface area contributed by atoms with Crippen LogP contribution >= 0.6 is 0 Å². The molecular formula is C23H19N5O. The predicted octanol–water partition coefficient (Wildman–Crippen LogP) is 4.01. The number of nitrogens with zero attached hydrogens (tertiary/aromatic N) is 4. The Morgan fingerprint density at radius 3 is 2.28 bits per heavy atom. The summed E-state index contributed by atoms with van der Waals surface area (Å²) in [6.07, 6.45) is 1.59. The summed E-state index contributed by atoms with van der Waals surface area (Å²) in [7, 11) is 0. The third kappa shape index (κ3) is 4.27. The number of rotatable bonds is 5. The highest BCUT2D eigenvalue weighted by molar-refractivity contribution is 5.92. The standard InChI is InChI=1S/C23H19N5O/c1-17-12-14-18(15-13-17)16-24-26-23(29)21-25-22(19-8-4-2-5-9-19)28(27-21)20-10-6-3-7-11-20/h2-16H,1H3,(H,26,29)/b24-16-. The van der Waals surface area contributed by atoms with Crippen LogP contribution in [0.5, 0.6) is 0 Å². The lowest BCUT2D eigenvalue weighted by Crippen LogP contribution is -2.19. The van der Waals surface area contributed by atoms with E-state index in [-0.39, 0.29) is 5.82 Å². The molecule has 6 nitrogen and oxygen atoms in total. The summed E-state index contributed by atoms with van der Waals surface area (Å²) in [5.74, 6) is 0.165. The van der Waals surface area contributed by atoms with Gasteiger partial charge in [0.25, 0.3) is 0 Å². The van der Waals surface area contributed by atoms with E-state index >= 15 is 0 Å². The number of aromatic nitrogens is 3. The molecule has 0 saturated heterocycles. The number of nitrogens with one attached hydrogen (secondary N) is 1. The Morgan fingerprint density at radius 2 is 1.59 bits per heavy atom. The summed E-state index contributed by atoms with van der Waals surface area (Å²) in [4.78, 5) is 17.0. The minimum Gasteiger partial charge on any atom is -0.264 e. The van der Waals surface area contributed by atoms with Crippen molar-refractivity contribution in [2.24, 2.45) is 5.10 Å². The minimum absolute atomic E-state index is 0.0498. The molecule has 29 heavy (non-hydrogen) atoms. The molecule has 3 aromatic carbocycles. The van der Waals surface area contributed by atoms with Gasteiger partial charge in [0.2, 0.25) is 5.82 Å². The topological polar surface area (TPSA) is 72.2 Å². The number of amides is 1. The van der Waals surface area contributed by atoms with Crippen LogP contribution in [0.25, 0.3) is 17.1 Å². The fourth-order valence-corrected chi connectivity index (χ4v) is 2.80. The summed E-state index contributed by atoms with van der Waals surface area (Å²) in [5.41, 5.74) is 6.24. The van der Waals surface area contributed by atoms with E-state index in [9.17, 15) is 4.79 Å². The molecule has 4 aromatic rings. The number of hydrazone groups is 1. The largest absolute Gasteiger partial charge is 0.311 e. The summed E-state index contributed by atoms with van der Waals surface area (Å²) >= 11 is 0. The SMILES string of the molecule is Cc1ccc(/C=N\NC(=O)c2nc(-c3ccccc3)n(-c3ccccc3)n2)cc1. The van der Waals surface area contributed by atoms with Gasteiger partial charge in [0.15, 0.2) is 5.82 Å². The van der Waals surface area contributed by atoms with Crippen LogP contribution in [0.1, 0.15) is 21.7 Å². The normalized spacial score (nSPS) is 10.9. The van der Waals surface area contributed by atoms with Crippen molar-refractivity contribution in [3.8, 4) is 17.1 Å². The molecule has 1 N–H and O–H groups in total. The van der Waals surface area contributed by atoms with Crippen molar-refractivity contribution in [2.45, 2.75) is 6.92 Å². The molecule has 0 fully saturated rings. The van der Waals surface area contributed by atoms with Crippen LogP contribution in [0.3, 0.4) is 0 Å². The highest BCUT2D eigenvalue weighted by Gasteiger charge is 2.18. The third-order valence-electron chi connectivity index (χ3n) is 4.30. The van der Waals surface area contributed by atoms with Crippen LogP contribution in [-0.4, -0.2) is 26.9 Å². The molecule has 0 atom stereocenters. The second-order valence-corrected chi connectivity index (χ2v) is 6.48. The number of hydrogen-bond acceptors (Lipinski definition) is 4. The van der Waals surface area contributed by atoms with Gasteiger partial charge >= 0.3 is 5.91 Å². The first-order valence-electron chi connectivity index (χ1n) is 9.19. The molecule has 0 aliphatic heterocycles. The van der Waals surface area contributed by atoms with Crippen LogP contribution in [0, 0.1) is 6.92 Å². The first-order valence-corrected chi connectivity index (χ1v) is 9.19. The monoisotopic (exact) mass is 381 g/mol. The van der Waals surface area contributed by atoms with Crippen molar-refractivity contribution in [3.05, 3.63) is 102 Å². The van der Waals surface area contributed by atoms with Crippen LogP contribution in [-0.2, 0) is 0 Å². The van der Waals surface area contributed by atoms with E-state index in [4.69, 9.17) is 0 Å². The van der Waals surface area contributed by atoms with Gasteiger partial charge in [0.05, 0.1) is 11.9 Å². The third-order valence-corrected chi connectivity index (χ3v) is 4.30. The molecule has 0 unspecified atom stereocenters. The van der Waals surface area contributed by atoms with Gasteiger partial charge in [-0.2, -0.15) is 5.10 Å². The molecule has 6 heteroatoms. The quantitative estimate of drug-likeness (QED) is 0.419. The Bertz CT molecular complexity index is 1080. The maximum absolute atomic E-state index is 12.6. The molecule has 0 saturated carbocycles. The van der Waals surface area contributed by atoms with Crippen molar-refractivity contribution < 1.29 is 4.79 Å². The molecule has 0 aliphatic carbocycles. The van der Waals surface area contributed by atoms with Crippen molar-refractivity contribution >= 4 is 12.1 Å². The maximum Gasteiger partial charge on any atom is 0.311 e. The number of aryl methyl sites for hydroxylation is 1. The summed E-state index contributed by atoms with van der Waals surface area (Å²) < 4.78 is 1.66. The molecule has 1 amide bonds. The average Bonchev–Trinajstić information content (AvgIpc) is 3.22. The number of para-hydroxylation sites is 1. The Kier molecular flexibility index (Phi) is 5.25. The van der Waals surface area contributed by atoms with E-state index in [0.29, 0.717) is 5.82 Å². The van der Waals surface area contributed by atoms with Gasteiger partial charge in [-0.25, -0.2) is 15.1 Å². The molecule has 1 aromatic heterocycles. The minimum atomic E-state index is -0.472. The predicted molar refractivity (Wildman–Crippen MR) is 113 cm³/mol. The number of carbonyl (C=O) groups excluding carboxylic acids is 1. The lowest BCUT2D eigenvalue weighted by Gasteiger charge is -2.05. The number of carbonyl (C=O) groups is 1. The lowest BCUT2D eigenvalue weighted by atomic mass is 10.2. The first-order chi connectivity index (χ1) is 14.2. The zero-order valence-electron chi connectivity index (χ0n) is 15.9. The van der Waals surface area contributed by atoms with E-state index in [2.05, 4.69) is 20.6 Å². The summed E-state index contributed by atoms with van der Waals surface area (Å²) in [6, 6.07) is 27.1. The highest BCUT2D eigenvalue weighted by Crippen LogP contribution is 2.20. The molecular weight excluding hydrogens is 362 g/mol. The van der Waals surface area contributed by atoms with Gasteiger partial charge in [-0.1, -0.05) is 78.4 Å². The maximum atomic E-state index is 12.6. The molecule has 1 heterocycles. The molecule has 0 spiro atoms. The fraction of sp³-hybridized carbons (Fsp3) is 0.0435. The van der Waals surface area contributed by atoms with E-state index in [1.54, 1.807) is 10.9 Å². The smallest absolute Gasteiger partial charge is 0.264 e. The van der Waals surface area contributed by atoms with Gasteiger partial charge in [0.1, 0.15) is 0 Å². The van der Waals surface area contributed by atoms with Crippen LogP contribution < -0.4 is 5.43 Å². The molecule has 0 bridgehead atoms. The average molecular weight is 381 g/mol. The van der Waals surface area contributed by atoms with E-state index in [1.807, 2.05) is 91.9 Å². The fourth-order valence-electron chi connectivity index (χ4n) is 2.80. The molecule has 0 aliphatic rings. The molecule has 4 rings (SSSR count). The van der Waals surface area contributed by atoms with Gasteiger partial charge < -0.3 is 0 Å². The van der Waals surface area contributed by atoms with Crippen LogP contribution in [0.4, 0.5) is 0 Å². The van der Waals surface area contributed by atoms with Gasteiger partial charge in [0, 0.05) is 5.56 Å². The van der Waals surface area contributed by atoms with Gasteiger partial charge in [-0.3, -0.25) is 4.79 Å².